The number of methoxy groups -OCH3 is 1. The molecule has 0 aliphatic rings. The second-order valence-corrected chi connectivity index (χ2v) is 2.98. The summed E-state index contributed by atoms with van der Waals surface area (Å²) in [6, 6.07) is 0. The van der Waals surface area contributed by atoms with E-state index >= 15 is 0 Å². The molecule has 0 aromatic carbocycles. The Kier molecular flexibility index (Phi) is 4.46. The van der Waals surface area contributed by atoms with E-state index in [0.717, 1.165) is 0 Å². The van der Waals surface area contributed by atoms with Gasteiger partial charge in [0.2, 0.25) is 0 Å². The summed E-state index contributed by atoms with van der Waals surface area (Å²) in [4.78, 5) is 37.0. The zero-order valence-electron chi connectivity index (χ0n) is 8.74. The van der Waals surface area contributed by atoms with Crippen molar-refractivity contribution in [3.8, 4) is 0 Å². The molecular formula is C9H12N2O5. The molecule has 1 rings (SSSR count). The van der Waals surface area contributed by atoms with Crippen LogP contribution in [0.25, 0.3) is 0 Å². The summed E-state index contributed by atoms with van der Waals surface area (Å²) in [6.45, 7) is 0.0436. The monoisotopic (exact) mass is 228 g/mol. The van der Waals surface area contributed by atoms with Crippen LogP contribution in [0.15, 0.2) is 15.8 Å². The van der Waals surface area contributed by atoms with Crippen molar-refractivity contribution < 1.29 is 14.3 Å². The average molecular weight is 228 g/mol. The molecule has 0 saturated heterocycles. The number of nitrogens with one attached hydrogen (secondary N) is 2. The molecule has 0 fully saturated rings. The summed E-state index contributed by atoms with van der Waals surface area (Å²) >= 11 is 0. The second-order valence-electron chi connectivity index (χ2n) is 2.98. The number of carbonyl (C=O) groups excluding carboxylic acids is 1. The summed E-state index contributed by atoms with van der Waals surface area (Å²) in [7, 11) is 1.26. The van der Waals surface area contributed by atoms with Crippen LogP contribution in [0.4, 0.5) is 0 Å². The van der Waals surface area contributed by atoms with Gasteiger partial charge in [-0.3, -0.25) is 9.78 Å². The SMILES string of the molecule is COC(=O)COCCc1c[nH]c(=O)[nH]c1=O. The quantitative estimate of drug-likeness (QED) is 0.486. The van der Waals surface area contributed by atoms with Gasteiger partial charge in [0.25, 0.3) is 5.56 Å². The summed E-state index contributed by atoms with van der Waals surface area (Å²) in [6.07, 6.45) is 1.63. The Morgan fingerprint density at radius 1 is 1.44 bits per heavy atom. The van der Waals surface area contributed by atoms with E-state index in [1.807, 2.05) is 0 Å². The zero-order chi connectivity index (χ0) is 12.0. The van der Waals surface area contributed by atoms with Crippen LogP contribution in [-0.2, 0) is 20.7 Å². The average Bonchev–Trinajstić information content (AvgIpc) is 2.26. The Morgan fingerprint density at radius 2 is 2.19 bits per heavy atom. The lowest BCUT2D eigenvalue weighted by Gasteiger charge is -2.01. The molecule has 0 bridgehead atoms. The minimum Gasteiger partial charge on any atom is -0.467 e. The molecule has 0 aliphatic heterocycles. The molecule has 0 amide bonds. The first-order valence-corrected chi connectivity index (χ1v) is 4.59. The number of aromatic amines is 2. The van der Waals surface area contributed by atoms with E-state index in [1.54, 1.807) is 0 Å². The highest BCUT2D eigenvalue weighted by Gasteiger charge is 2.02. The van der Waals surface area contributed by atoms with E-state index in [0.29, 0.717) is 12.0 Å². The van der Waals surface area contributed by atoms with Gasteiger partial charge in [0.1, 0.15) is 6.61 Å². The number of H-pyrrole nitrogens is 2. The molecule has 7 heteroatoms. The van der Waals surface area contributed by atoms with Gasteiger partial charge in [-0.25, -0.2) is 9.59 Å². The molecular weight excluding hydrogens is 216 g/mol. The Morgan fingerprint density at radius 3 is 2.81 bits per heavy atom. The summed E-state index contributed by atoms with van der Waals surface area (Å²) < 4.78 is 9.32. The van der Waals surface area contributed by atoms with Crippen molar-refractivity contribution in [2.24, 2.45) is 0 Å². The van der Waals surface area contributed by atoms with Crippen molar-refractivity contribution in [1.82, 2.24) is 9.97 Å². The lowest BCUT2D eigenvalue weighted by Crippen LogP contribution is -2.25. The van der Waals surface area contributed by atoms with Gasteiger partial charge in [-0.15, -0.1) is 0 Å². The standard InChI is InChI=1S/C9H12N2O5/c1-15-7(12)5-16-3-2-6-4-10-9(14)11-8(6)13/h4H,2-3,5H2,1H3,(H2,10,11,13,14). The fourth-order valence-electron chi connectivity index (χ4n) is 1.02. The third-order valence-electron chi connectivity index (χ3n) is 1.86. The fraction of sp³-hybridized carbons (Fsp3) is 0.444. The van der Waals surface area contributed by atoms with E-state index in [-0.39, 0.29) is 13.2 Å². The Hall–Kier alpha value is -1.89. The molecule has 0 aliphatic carbocycles. The van der Waals surface area contributed by atoms with Crippen LogP contribution in [0.5, 0.6) is 0 Å². The van der Waals surface area contributed by atoms with E-state index in [9.17, 15) is 14.4 Å². The molecule has 7 nitrogen and oxygen atoms in total. The van der Waals surface area contributed by atoms with Gasteiger partial charge in [-0.1, -0.05) is 0 Å². The molecule has 0 radical (unpaired) electrons. The zero-order valence-corrected chi connectivity index (χ0v) is 8.74. The Balaban J connectivity index is 2.41. The number of carbonyl (C=O) groups is 1. The molecule has 88 valence electrons. The molecule has 2 N–H and O–H groups in total. The Labute approximate surface area is 90.4 Å². The van der Waals surface area contributed by atoms with Gasteiger partial charge in [-0.2, -0.15) is 0 Å². The molecule has 0 spiro atoms. The van der Waals surface area contributed by atoms with E-state index in [4.69, 9.17) is 4.74 Å². The van der Waals surface area contributed by atoms with Gasteiger partial charge < -0.3 is 14.5 Å². The highest BCUT2D eigenvalue weighted by molar-refractivity contribution is 5.70. The lowest BCUT2D eigenvalue weighted by molar-refractivity contribution is -0.145. The number of aromatic nitrogens is 2. The van der Waals surface area contributed by atoms with Crippen LogP contribution in [-0.4, -0.2) is 36.3 Å². The van der Waals surface area contributed by atoms with Crippen molar-refractivity contribution in [3.05, 3.63) is 32.6 Å². The smallest absolute Gasteiger partial charge is 0.331 e. The van der Waals surface area contributed by atoms with Gasteiger partial charge in [0, 0.05) is 18.2 Å². The maximum absolute atomic E-state index is 11.2. The van der Waals surface area contributed by atoms with Gasteiger partial charge in [0.15, 0.2) is 0 Å². The topological polar surface area (TPSA) is 101 Å². The third kappa shape index (κ3) is 3.70. The first kappa shape index (κ1) is 12.2. The van der Waals surface area contributed by atoms with Crippen LogP contribution in [0, 0.1) is 0 Å². The van der Waals surface area contributed by atoms with Crippen molar-refractivity contribution in [3.63, 3.8) is 0 Å². The van der Waals surface area contributed by atoms with Crippen molar-refractivity contribution in [2.75, 3.05) is 20.3 Å². The second kappa shape index (κ2) is 5.86. The maximum atomic E-state index is 11.2. The van der Waals surface area contributed by atoms with Crippen molar-refractivity contribution in [2.45, 2.75) is 6.42 Å². The van der Waals surface area contributed by atoms with E-state index in [1.165, 1.54) is 13.3 Å². The summed E-state index contributed by atoms with van der Waals surface area (Å²) in [5, 5.41) is 0. The highest BCUT2D eigenvalue weighted by atomic mass is 16.6. The molecule has 0 saturated carbocycles. The van der Waals surface area contributed by atoms with Crippen LogP contribution < -0.4 is 11.2 Å². The highest BCUT2D eigenvalue weighted by Crippen LogP contribution is 1.89. The van der Waals surface area contributed by atoms with Gasteiger partial charge >= 0.3 is 11.7 Å². The third-order valence-corrected chi connectivity index (χ3v) is 1.86. The molecule has 1 aromatic rings. The summed E-state index contributed by atoms with van der Waals surface area (Å²) in [5.74, 6) is -0.477. The van der Waals surface area contributed by atoms with Crippen LogP contribution in [0.2, 0.25) is 0 Å². The predicted octanol–water partition coefficient (Wildman–Crippen LogP) is -1.20. The molecule has 1 aromatic heterocycles. The van der Waals surface area contributed by atoms with E-state index < -0.39 is 17.2 Å². The molecule has 0 unspecified atom stereocenters. The Bertz CT molecular complexity index is 461. The minimum atomic E-state index is -0.552. The maximum Gasteiger partial charge on any atom is 0.331 e. The van der Waals surface area contributed by atoms with Crippen LogP contribution in [0.3, 0.4) is 0 Å². The number of hydrogen-bond donors (Lipinski definition) is 2. The molecule has 16 heavy (non-hydrogen) atoms. The largest absolute Gasteiger partial charge is 0.467 e. The number of ether oxygens (including phenoxy) is 2. The molecule has 0 atom stereocenters. The van der Waals surface area contributed by atoms with Crippen molar-refractivity contribution >= 4 is 5.97 Å². The van der Waals surface area contributed by atoms with Crippen molar-refractivity contribution in [1.29, 1.82) is 0 Å². The van der Waals surface area contributed by atoms with Gasteiger partial charge in [0.05, 0.1) is 13.7 Å². The first-order valence-electron chi connectivity index (χ1n) is 4.59. The number of hydrogen-bond acceptors (Lipinski definition) is 5. The van der Waals surface area contributed by atoms with Gasteiger partial charge in [-0.05, 0) is 0 Å². The van der Waals surface area contributed by atoms with Crippen LogP contribution >= 0.6 is 0 Å². The fourth-order valence-corrected chi connectivity index (χ4v) is 1.02. The first-order chi connectivity index (χ1) is 7.63. The number of rotatable bonds is 5. The normalized spacial score (nSPS) is 10.1. The molecule has 1 heterocycles. The summed E-state index contributed by atoms with van der Waals surface area (Å²) in [5.41, 5.74) is -0.612. The van der Waals surface area contributed by atoms with E-state index in [2.05, 4.69) is 14.7 Å². The predicted molar refractivity (Wildman–Crippen MR) is 54.2 cm³/mol. The van der Waals surface area contributed by atoms with Crippen LogP contribution in [0.1, 0.15) is 5.56 Å². The lowest BCUT2D eigenvalue weighted by atomic mass is 10.2. The number of esters is 1. The minimum absolute atomic E-state index is 0.155.